The van der Waals surface area contributed by atoms with Crippen LogP contribution in [0.3, 0.4) is 0 Å². The average molecular weight is 247 g/mol. The summed E-state index contributed by atoms with van der Waals surface area (Å²) in [6.45, 7) is 3.41. The van der Waals surface area contributed by atoms with Gasteiger partial charge in [-0.3, -0.25) is 0 Å². The first kappa shape index (κ1) is 13.1. The van der Waals surface area contributed by atoms with Gasteiger partial charge in [0.25, 0.3) is 0 Å². The van der Waals surface area contributed by atoms with Crippen LogP contribution in [0.15, 0.2) is 18.2 Å². The van der Waals surface area contributed by atoms with Crippen molar-refractivity contribution in [1.29, 1.82) is 0 Å². The molecule has 0 aliphatic carbocycles. The Morgan fingerprint density at radius 1 is 1.31 bits per heavy atom. The van der Waals surface area contributed by atoms with E-state index in [0.717, 1.165) is 26.2 Å². The number of hydrogen-bond acceptors (Lipinski definition) is 3. The van der Waals surface area contributed by atoms with Crippen molar-refractivity contribution in [3.8, 4) is 5.75 Å². The lowest BCUT2D eigenvalue weighted by atomic mass is 10.2. The van der Waals surface area contributed by atoms with Gasteiger partial charge < -0.3 is 15.0 Å². The highest BCUT2D eigenvalue weighted by Crippen LogP contribution is 2.30. The summed E-state index contributed by atoms with van der Waals surface area (Å²) in [6.07, 6.45) is 0. The highest BCUT2D eigenvalue weighted by molar-refractivity contribution is 5.85. The van der Waals surface area contributed by atoms with E-state index in [-0.39, 0.29) is 18.2 Å². The fraction of sp³-hybridized carbons (Fsp3) is 0.455. The number of hydrogen-bond donors (Lipinski definition) is 1. The molecule has 5 heteroatoms. The minimum atomic E-state index is -0.212. The summed E-state index contributed by atoms with van der Waals surface area (Å²) >= 11 is 0. The first-order valence-electron chi connectivity index (χ1n) is 5.11. The Hall–Kier alpha value is -1.00. The van der Waals surface area contributed by atoms with E-state index in [1.54, 1.807) is 19.2 Å². The molecule has 1 aliphatic heterocycles. The number of para-hydroxylation sites is 1. The number of anilines is 1. The Labute approximate surface area is 101 Å². The Balaban J connectivity index is 0.00000128. The molecule has 1 saturated heterocycles. The number of piperazine rings is 1. The topological polar surface area (TPSA) is 24.5 Å². The van der Waals surface area contributed by atoms with Gasteiger partial charge in [0.2, 0.25) is 0 Å². The molecule has 0 bridgehead atoms. The van der Waals surface area contributed by atoms with E-state index in [1.165, 1.54) is 6.07 Å². The number of nitrogens with one attached hydrogen (secondary N) is 1. The van der Waals surface area contributed by atoms with Crippen molar-refractivity contribution >= 4 is 18.1 Å². The summed E-state index contributed by atoms with van der Waals surface area (Å²) in [4.78, 5) is 2.02. The molecule has 1 N–H and O–H groups in total. The molecule has 0 radical (unpaired) electrons. The maximum absolute atomic E-state index is 13.7. The van der Waals surface area contributed by atoms with Crippen molar-refractivity contribution in [1.82, 2.24) is 5.32 Å². The van der Waals surface area contributed by atoms with Gasteiger partial charge in [0.1, 0.15) is 17.3 Å². The number of halogens is 2. The average Bonchev–Trinajstić information content (AvgIpc) is 2.29. The van der Waals surface area contributed by atoms with Crippen molar-refractivity contribution in [3.05, 3.63) is 24.0 Å². The Morgan fingerprint density at radius 3 is 2.62 bits per heavy atom. The smallest absolute Gasteiger partial charge is 0.150 e. The molecule has 16 heavy (non-hydrogen) atoms. The van der Waals surface area contributed by atoms with Gasteiger partial charge in [0.15, 0.2) is 0 Å². The molecule has 0 atom stereocenters. The Bertz CT molecular complexity index is 343. The molecule has 2 rings (SSSR count). The monoisotopic (exact) mass is 246 g/mol. The predicted octanol–water partition coefficient (Wildman–Crippen LogP) is 1.67. The quantitative estimate of drug-likeness (QED) is 0.859. The summed E-state index contributed by atoms with van der Waals surface area (Å²) in [6, 6.07) is 4.93. The standard InChI is InChI=1S/C11H15FN2O.ClH/c1-15-10-4-2-3-9(12)11(10)14-7-5-13-6-8-14;/h2-4,13H,5-8H2,1H3;1H. The first-order valence-corrected chi connectivity index (χ1v) is 5.11. The van der Waals surface area contributed by atoms with Gasteiger partial charge in [0, 0.05) is 26.2 Å². The summed E-state index contributed by atoms with van der Waals surface area (Å²) in [5.41, 5.74) is 0.585. The van der Waals surface area contributed by atoms with Crippen LogP contribution < -0.4 is 15.0 Å². The Kier molecular flexibility index (Phi) is 4.83. The number of nitrogens with zero attached hydrogens (tertiary/aromatic N) is 1. The zero-order valence-corrected chi connectivity index (χ0v) is 10.0. The molecule has 0 saturated carbocycles. The minimum absolute atomic E-state index is 0. The van der Waals surface area contributed by atoms with E-state index < -0.39 is 0 Å². The van der Waals surface area contributed by atoms with Crippen molar-refractivity contribution in [2.24, 2.45) is 0 Å². The second-order valence-corrected chi connectivity index (χ2v) is 3.53. The number of methoxy groups -OCH3 is 1. The third-order valence-corrected chi connectivity index (χ3v) is 2.60. The zero-order valence-electron chi connectivity index (χ0n) is 9.20. The molecule has 0 aromatic heterocycles. The number of rotatable bonds is 2. The predicted molar refractivity (Wildman–Crippen MR) is 65.3 cm³/mol. The molecule has 0 unspecified atom stereocenters. The number of ether oxygens (including phenoxy) is 1. The minimum Gasteiger partial charge on any atom is -0.494 e. The van der Waals surface area contributed by atoms with Crippen molar-refractivity contribution in [2.45, 2.75) is 0 Å². The van der Waals surface area contributed by atoms with Crippen LogP contribution in [0.2, 0.25) is 0 Å². The summed E-state index contributed by atoms with van der Waals surface area (Å²) in [5, 5.41) is 3.24. The van der Waals surface area contributed by atoms with Crippen LogP contribution in [0.5, 0.6) is 5.75 Å². The molecule has 1 heterocycles. The van der Waals surface area contributed by atoms with Crippen LogP contribution in [0.1, 0.15) is 0 Å². The van der Waals surface area contributed by atoms with Gasteiger partial charge in [0.05, 0.1) is 7.11 Å². The van der Waals surface area contributed by atoms with Crippen LogP contribution in [0, 0.1) is 5.82 Å². The summed E-state index contributed by atoms with van der Waals surface area (Å²) in [7, 11) is 1.57. The van der Waals surface area contributed by atoms with Crippen LogP contribution in [-0.2, 0) is 0 Å². The molecule has 1 aliphatic rings. The molecular formula is C11H16ClFN2O. The fourth-order valence-electron chi connectivity index (χ4n) is 1.86. The van der Waals surface area contributed by atoms with Gasteiger partial charge in [-0.2, -0.15) is 0 Å². The Morgan fingerprint density at radius 2 is 2.00 bits per heavy atom. The van der Waals surface area contributed by atoms with Crippen LogP contribution in [0.4, 0.5) is 10.1 Å². The summed E-state index contributed by atoms with van der Waals surface area (Å²) in [5.74, 6) is 0.396. The molecule has 1 aromatic carbocycles. The van der Waals surface area contributed by atoms with Crippen LogP contribution >= 0.6 is 12.4 Å². The third-order valence-electron chi connectivity index (χ3n) is 2.60. The normalized spacial score (nSPS) is 15.5. The molecule has 0 spiro atoms. The van der Waals surface area contributed by atoms with E-state index in [0.29, 0.717) is 11.4 Å². The molecular weight excluding hydrogens is 231 g/mol. The van der Waals surface area contributed by atoms with Crippen LogP contribution in [-0.4, -0.2) is 33.3 Å². The van der Waals surface area contributed by atoms with Gasteiger partial charge in [-0.05, 0) is 12.1 Å². The van der Waals surface area contributed by atoms with Crippen molar-refractivity contribution < 1.29 is 9.13 Å². The fourth-order valence-corrected chi connectivity index (χ4v) is 1.86. The highest BCUT2D eigenvalue weighted by Gasteiger charge is 2.18. The van der Waals surface area contributed by atoms with Gasteiger partial charge in [-0.15, -0.1) is 12.4 Å². The SMILES string of the molecule is COc1cccc(F)c1N1CCNCC1.Cl. The molecule has 1 fully saturated rings. The van der Waals surface area contributed by atoms with Gasteiger partial charge >= 0.3 is 0 Å². The molecule has 1 aromatic rings. The van der Waals surface area contributed by atoms with E-state index in [2.05, 4.69) is 5.32 Å². The van der Waals surface area contributed by atoms with Crippen molar-refractivity contribution in [3.63, 3.8) is 0 Å². The maximum atomic E-state index is 13.7. The molecule has 3 nitrogen and oxygen atoms in total. The lowest BCUT2D eigenvalue weighted by molar-refractivity contribution is 0.409. The second-order valence-electron chi connectivity index (χ2n) is 3.53. The van der Waals surface area contributed by atoms with Gasteiger partial charge in [-0.1, -0.05) is 6.07 Å². The molecule has 90 valence electrons. The maximum Gasteiger partial charge on any atom is 0.150 e. The lowest BCUT2D eigenvalue weighted by Gasteiger charge is -2.30. The van der Waals surface area contributed by atoms with E-state index in [9.17, 15) is 4.39 Å². The van der Waals surface area contributed by atoms with Crippen molar-refractivity contribution in [2.75, 3.05) is 38.2 Å². The lowest BCUT2D eigenvalue weighted by Crippen LogP contribution is -2.44. The zero-order chi connectivity index (χ0) is 10.7. The van der Waals surface area contributed by atoms with E-state index in [1.807, 2.05) is 4.90 Å². The van der Waals surface area contributed by atoms with Crippen LogP contribution in [0.25, 0.3) is 0 Å². The highest BCUT2D eigenvalue weighted by atomic mass is 35.5. The second kappa shape index (κ2) is 5.92. The largest absolute Gasteiger partial charge is 0.494 e. The van der Waals surface area contributed by atoms with E-state index >= 15 is 0 Å². The number of benzene rings is 1. The molecule has 0 amide bonds. The summed E-state index contributed by atoms with van der Waals surface area (Å²) < 4.78 is 18.9. The van der Waals surface area contributed by atoms with Gasteiger partial charge in [-0.25, -0.2) is 4.39 Å². The first-order chi connectivity index (χ1) is 7.33. The third kappa shape index (κ3) is 2.57. The van der Waals surface area contributed by atoms with E-state index in [4.69, 9.17) is 4.74 Å².